The molecule has 0 saturated carbocycles. The maximum absolute atomic E-state index is 11.0. The maximum atomic E-state index is 11.0. The second kappa shape index (κ2) is 6.29. The Morgan fingerprint density at radius 1 is 1.25 bits per heavy atom. The maximum Gasteiger partial charge on any atom is 0.292 e. The summed E-state index contributed by atoms with van der Waals surface area (Å²) < 4.78 is 0. The van der Waals surface area contributed by atoms with Crippen molar-refractivity contribution in [2.24, 2.45) is 0 Å². The Morgan fingerprint density at radius 3 is 2.55 bits per heavy atom. The molecule has 2 N–H and O–H groups in total. The minimum absolute atomic E-state index is 0.0799. The molecule has 2 aromatic carbocycles. The summed E-state index contributed by atoms with van der Waals surface area (Å²) in [5, 5.41) is 23.0. The Hall–Kier alpha value is -2.21. The van der Waals surface area contributed by atoms with Gasteiger partial charge in [0.25, 0.3) is 5.69 Å². The Bertz CT molecular complexity index is 614. The first kappa shape index (κ1) is 14.2. The standard InChI is InChI=1S/C14H14N2O3S/c1-15-13-7-2-10(8-14(13)16(18)19)9-20-12-5-3-11(17)4-6-12/h2-8,15,17H,9H2,1H3. The fourth-order valence-corrected chi connectivity index (χ4v) is 2.58. The van der Waals surface area contributed by atoms with E-state index in [4.69, 9.17) is 0 Å². The quantitative estimate of drug-likeness (QED) is 0.499. The molecule has 0 aromatic heterocycles. The molecule has 0 bridgehead atoms. The van der Waals surface area contributed by atoms with Gasteiger partial charge < -0.3 is 10.4 Å². The van der Waals surface area contributed by atoms with Gasteiger partial charge in [0.15, 0.2) is 0 Å². The molecule has 0 heterocycles. The van der Waals surface area contributed by atoms with Crippen LogP contribution in [0, 0.1) is 10.1 Å². The largest absolute Gasteiger partial charge is 0.508 e. The van der Waals surface area contributed by atoms with Crippen LogP contribution in [0.3, 0.4) is 0 Å². The van der Waals surface area contributed by atoms with Crippen LogP contribution in [0.15, 0.2) is 47.4 Å². The van der Waals surface area contributed by atoms with Crippen molar-refractivity contribution in [3.05, 3.63) is 58.1 Å². The zero-order valence-corrected chi connectivity index (χ0v) is 11.7. The van der Waals surface area contributed by atoms with Crippen LogP contribution in [-0.2, 0) is 5.75 Å². The Kier molecular flexibility index (Phi) is 4.47. The van der Waals surface area contributed by atoms with Crippen molar-refractivity contribution in [1.82, 2.24) is 0 Å². The highest BCUT2D eigenvalue weighted by molar-refractivity contribution is 7.98. The number of hydrogen-bond donors (Lipinski definition) is 2. The topological polar surface area (TPSA) is 75.4 Å². The lowest BCUT2D eigenvalue weighted by atomic mass is 10.2. The molecule has 2 rings (SSSR count). The summed E-state index contributed by atoms with van der Waals surface area (Å²) in [5.74, 6) is 0.860. The van der Waals surface area contributed by atoms with Gasteiger partial charge in [-0.2, -0.15) is 0 Å². The fraction of sp³-hybridized carbons (Fsp3) is 0.143. The van der Waals surface area contributed by atoms with E-state index in [-0.39, 0.29) is 16.4 Å². The number of benzene rings is 2. The molecule has 2 aromatic rings. The molecule has 0 unspecified atom stereocenters. The second-order valence-electron chi connectivity index (χ2n) is 4.14. The average molecular weight is 290 g/mol. The first-order chi connectivity index (χ1) is 9.60. The number of thioether (sulfide) groups is 1. The lowest BCUT2D eigenvalue weighted by molar-refractivity contribution is -0.384. The number of nitro benzene ring substituents is 1. The van der Waals surface area contributed by atoms with Crippen LogP contribution in [0.1, 0.15) is 5.56 Å². The van der Waals surface area contributed by atoms with Gasteiger partial charge in [-0.3, -0.25) is 10.1 Å². The SMILES string of the molecule is CNc1ccc(CSc2ccc(O)cc2)cc1[N+](=O)[O-]. The van der Waals surface area contributed by atoms with Crippen LogP contribution in [0.5, 0.6) is 5.75 Å². The van der Waals surface area contributed by atoms with Crippen molar-refractivity contribution < 1.29 is 10.0 Å². The summed E-state index contributed by atoms with van der Waals surface area (Å²) in [5.41, 5.74) is 1.47. The van der Waals surface area contributed by atoms with Crippen molar-refractivity contribution in [2.75, 3.05) is 12.4 Å². The number of nitro groups is 1. The van der Waals surface area contributed by atoms with Crippen LogP contribution >= 0.6 is 11.8 Å². The minimum atomic E-state index is -0.388. The van der Waals surface area contributed by atoms with E-state index < -0.39 is 0 Å². The van der Waals surface area contributed by atoms with Crippen molar-refractivity contribution in [3.63, 3.8) is 0 Å². The van der Waals surface area contributed by atoms with Gasteiger partial charge in [-0.1, -0.05) is 6.07 Å². The summed E-state index contributed by atoms with van der Waals surface area (Å²) in [6.07, 6.45) is 0. The molecule has 0 spiro atoms. The molecular formula is C14H14N2O3S. The number of anilines is 1. The van der Waals surface area contributed by atoms with Crippen molar-refractivity contribution >= 4 is 23.1 Å². The highest BCUT2D eigenvalue weighted by Crippen LogP contribution is 2.29. The number of phenolic OH excluding ortho intramolecular Hbond substituents is 1. The van der Waals surface area contributed by atoms with E-state index in [1.807, 2.05) is 18.2 Å². The van der Waals surface area contributed by atoms with Crippen molar-refractivity contribution in [2.45, 2.75) is 10.6 Å². The lowest BCUT2D eigenvalue weighted by Crippen LogP contribution is -1.97. The van der Waals surface area contributed by atoms with Gasteiger partial charge in [0.2, 0.25) is 0 Å². The van der Waals surface area contributed by atoms with E-state index in [1.54, 1.807) is 43.1 Å². The van der Waals surface area contributed by atoms with Crippen LogP contribution < -0.4 is 5.32 Å². The molecule has 0 aliphatic rings. The van der Waals surface area contributed by atoms with Crippen LogP contribution in [0.4, 0.5) is 11.4 Å². The molecule has 0 radical (unpaired) electrons. The summed E-state index contributed by atoms with van der Waals surface area (Å²) in [6, 6.07) is 12.0. The van der Waals surface area contributed by atoms with Crippen LogP contribution in [-0.4, -0.2) is 17.1 Å². The van der Waals surface area contributed by atoms with E-state index in [9.17, 15) is 15.2 Å². The van der Waals surface area contributed by atoms with Gasteiger partial charge in [0, 0.05) is 23.8 Å². The molecule has 0 aliphatic heterocycles. The first-order valence-electron chi connectivity index (χ1n) is 5.97. The van der Waals surface area contributed by atoms with Crippen LogP contribution in [0.2, 0.25) is 0 Å². The minimum Gasteiger partial charge on any atom is -0.508 e. The van der Waals surface area contributed by atoms with Crippen molar-refractivity contribution in [3.8, 4) is 5.75 Å². The molecule has 0 amide bonds. The number of hydrogen-bond acceptors (Lipinski definition) is 5. The van der Waals surface area contributed by atoms with E-state index in [0.29, 0.717) is 11.4 Å². The second-order valence-corrected chi connectivity index (χ2v) is 5.19. The normalized spacial score (nSPS) is 10.2. The lowest BCUT2D eigenvalue weighted by Gasteiger charge is -2.06. The number of nitrogens with zero attached hydrogens (tertiary/aromatic N) is 1. The number of rotatable bonds is 5. The fourth-order valence-electron chi connectivity index (χ4n) is 1.74. The van der Waals surface area contributed by atoms with E-state index in [2.05, 4.69) is 5.32 Å². The van der Waals surface area contributed by atoms with Gasteiger partial charge >= 0.3 is 0 Å². The predicted molar refractivity (Wildman–Crippen MR) is 80.3 cm³/mol. The first-order valence-corrected chi connectivity index (χ1v) is 6.95. The monoisotopic (exact) mass is 290 g/mol. The smallest absolute Gasteiger partial charge is 0.292 e. The molecule has 0 aliphatic carbocycles. The highest BCUT2D eigenvalue weighted by Gasteiger charge is 2.13. The molecule has 0 fully saturated rings. The Labute approximate surface area is 120 Å². The van der Waals surface area contributed by atoms with E-state index in [1.165, 1.54) is 0 Å². The highest BCUT2D eigenvalue weighted by atomic mass is 32.2. The molecule has 20 heavy (non-hydrogen) atoms. The predicted octanol–water partition coefficient (Wildman–Crippen LogP) is 3.63. The molecule has 5 nitrogen and oxygen atoms in total. The number of aromatic hydroxyl groups is 1. The van der Waals surface area contributed by atoms with Gasteiger partial charge in [0.05, 0.1) is 4.92 Å². The molecule has 6 heteroatoms. The molecule has 0 atom stereocenters. The van der Waals surface area contributed by atoms with Gasteiger partial charge in [-0.05, 0) is 35.9 Å². The third-order valence-corrected chi connectivity index (χ3v) is 3.85. The third kappa shape index (κ3) is 3.42. The Morgan fingerprint density at radius 2 is 1.95 bits per heavy atom. The summed E-state index contributed by atoms with van der Waals surface area (Å²) in [4.78, 5) is 11.6. The number of phenols is 1. The van der Waals surface area contributed by atoms with Gasteiger partial charge in [-0.25, -0.2) is 0 Å². The number of nitrogens with one attached hydrogen (secondary N) is 1. The molecule has 0 saturated heterocycles. The van der Waals surface area contributed by atoms with E-state index in [0.717, 1.165) is 10.5 Å². The zero-order chi connectivity index (χ0) is 14.5. The van der Waals surface area contributed by atoms with Crippen LogP contribution in [0.25, 0.3) is 0 Å². The Balaban J connectivity index is 2.11. The summed E-state index contributed by atoms with van der Waals surface area (Å²) in [6.45, 7) is 0. The molecule has 104 valence electrons. The summed E-state index contributed by atoms with van der Waals surface area (Å²) >= 11 is 1.56. The average Bonchev–Trinajstić information content (AvgIpc) is 2.46. The van der Waals surface area contributed by atoms with Gasteiger partial charge in [0.1, 0.15) is 11.4 Å². The van der Waals surface area contributed by atoms with Gasteiger partial charge in [-0.15, -0.1) is 11.8 Å². The molecular weight excluding hydrogens is 276 g/mol. The summed E-state index contributed by atoms with van der Waals surface area (Å²) in [7, 11) is 1.66. The van der Waals surface area contributed by atoms with E-state index >= 15 is 0 Å². The van der Waals surface area contributed by atoms with Crippen molar-refractivity contribution in [1.29, 1.82) is 0 Å². The zero-order valence-electron chi connectivity index (χ0n) is 10.9. The third-order valence-electron chi connectivity index (χ3n) is 2.77.